The number of benzene rings is 1. The molecule has 0 aliphatic carbocycles. The van der Waals surface area contributed by atoms with Crippen LogP contribution in [0.2, 0.25) is 0 Å². The van der Waals surface area contributed by atoms with E-state index < -0.39 is 0 Å². The van der Waals surface area contributed by atoms with Crippen molar-refractivity contribution in [1.82, 2.24) is 4.98 Å². The molecule has 2 aromatic rings. The third kappa shape index (κ3) is 1.81. The number of phenols is 1. The fraction of sp³-hybridized carbons (Fsp3) is 0.100. The average molecular weight is 218 g/mol. The van der Waals surface area contributed by atoms with Crippen molar-refractivity contribution in [3.63, 3.8) is 0 Å². The van der Waals surface area contributed by atoms with Crippen LogP contribution in [0.3, 0.4) is 0 Å². The van der Waals surface area contributed by atoms with Crippen molar-refractivity contribution in [2.75, 3.05) is 0 Å². The molecule has 0 spiro atoms. The second-order valence-corrected chi connectivity index (χ2v) is 2.80. The zero-order valence-corrected chi connectivity index (χ0v) is 8.09. The van der Waals surface area contributed by atoms with Crippen LogP contribution in [0.1, 0.15) is 5.69 Å². The SMILES string of the molecule is Cc1ccc2cccc(O)c2n1.[Ni]. The molecule has 0 aliphatic rings. The molecular formula is C10H9NNiO. The summed E-state index contributed by atoms with van der Waals surface area (Å²) in [6, 6.07) is 9.28. The number of para-hydroxylation sites is 1. The molecule has 13 heavy (non-hydrogen) atoms. The fourth-order valence-corrected chi connectivity index (χ4v) is 1.23. The summed E-state index contributed by atoms with van der Waals surface area (Å²) in [7, 11) is 0. The van der Waals surface area contributed by atoms with Crippen LogP contribution in [0.15, 0.2) is 30.3 Å². The van der Waals surface area contributed by atoms with E-state index in [1.807, 2.05) is 31.2 Å². The Bertz CT molecular complexity index is 428. The second-order valence-electron chi connectivity index (χ2n) is 2.80. The van der Waals surface area contributed by atoms with Gasteiger partial charge in [-0.25, -0.2) is 4.98 Å². The molecule has 70 valence electrons. The quantitative estimate of drug-likeness (QED) is 0.687. The molecule has 1 aromatic heterocycles. The maximum Gasteiger partial charge on any atom is 0.141 e. The molecule has 1 heterocycles. The Balaban J connectivity index is 0.000000845. The van der Waals surface area contributed by atoms with E-state index in [9.17, 15) is 5.11 Å². The summed E-state index contributed by atoms with van der Waals surface area (Å²) >= 11 is 0. The van der Waals surface area contributed by atoms with Crippen LogP contribution in [0.4, 0.5) is 0 Å². The first-order valence-electron chi connectivity index (χ1n) is 3.83. The molecule has 0 aliphatic heterocycles. The number of nitrogens with zero attached hydrogens (tertiary/aromatic N) is 1. The van der Waals surface area contributed by atoms with E-state index in [0.29, 0.717) is 5.52 Å². The smallest absolute Gasteiger partial charge is 0.141 e. The number of rotatable bonds is 0. The van der Waals surface area contributed by atoms with Crippen LogP contribution in [0.25, 0.3) is 10.9 Å². The van der Waals surface area contributed by atoms with Gasteiger partial charge in [-0.05, 0) is 19.1 Å². The number of hydrogen-bond donors (Lipinski definition) is 1. The number of fused-ring (bicyclic) bond motifs is 1. The number of phenolic OH excluding ortho intramolecular Hbond substituents is 1. The topological polar surface area (TPSA) is 33.1 Å². The van der Waals surface area contributed by atoms with E-state index >= 15 is 0 Å². The van der Waals surface area contributed by atoms with E-state index in [0.717, 1.165) is 11.1 Å². The van der Waals surface area contributed by atoms with Crippen LogP contribution < -0.4 is 0 Å². The molecule has 0 radical (unpaired) electrons. The van der Waals surface area contributed by atoms with Crippen molar-refractivity contribution < 1.29 is 21.6 Å². The molecule has 0 saturated carbocycles. The van der Waals surface area contributed by atoms with Gasteiger partial charge < -0.3 is 5.11 Å². The molecular weight excluding hydrogens is 209 g/mol. The Hall–Kier alpha value is -1.08. The van der Waals surface area contributed by atoms with Crippen molar-refractivity contribution in [3.05, 3.63) is 36.0 Å². The van der Waals surface area contributed by atoms with E-state index in [4.69, 9.17) is 0 Å². The van der Waals surface area contributed by atoms with Crippen molar-refractivity contribution >= 4 is 10.9 Å². The Morgan fingerprint density at radius 1 is 1.15 bits per heavy atom. The van der Waals surface area contributed by atoms with Gasteiger partial charge >= 0.3 is 0 Å². The molecule has 0 fully saturated rings. The maximum atomic E-state index is 9.43. The first-order valence-corrected chi connectivity index (χ1v) is 3.83. The number of aromatic hydroxyl groups is 1. The summed E-state index contributed by atoms with van der Waals surface area (Å²) in [5.74, 6) is 0.246. The van der Waals surface area contributed by atoms with Crippen LogP contribution in [0.5, 0.6) is 5.75 Å². The summed E-state index contributed by atoms with van der Waals surface area (Å²) in [6.07, 6.45) is 0. The molecule has 2 rings (SSSR count). The summed E-state index contributed by atoms with van der Waals surface area (Å²) in [5, 5.41) is 10.4. The predicted octanol–water partition coefficient (Wildman–Crippen LogP) is 2.25. The van der Waals surface area contributed by atoms with Gasteiger partial charge in [0.05, 0.1) is 0 Å². The van der Waals surface area contributed by atoms with Gasteiger partial charge in [0.15, 0.2) is 0 Å². The molecule has 0 atom stereocenters. The van der Waals surface area contributed by atoms with Crippen LogP contribution in [-0.4, -0.2) is 10.1 Å². The van der Waals surface area contributed by atoms with Gasteiger partial charge in [-0.2, -0.15) is 0 Å². The van der Waals surface area contributed by atoms with Gasteiger partial charge in [-0.3, -0.25) is 0 Å². The van der Waals surface area contributed by atoms with Gasteiger partial charge in [0.1, 0.15) is 11.3 Å². The minimum Gasteiger partial charge on any atom is -0.506 e. The Morgan fingerprint density at radius 2 is 1.92 bits per heavy atom. The van der Waals surface area contributed by atoms with E-state index in [1.165, 1.54) is 0 Å². The zero-order chi connectivity index (χ0) is 8.55. The molecule has 3 heteroatoms. The fourth-order valence-electron chi connectivity index (χ4n) is 1.23. The zero-order valence-electron chi connectivity index (χ0n) is 7.10. The number of aromatic nitrogens is 1. The molecule has 2 nitrogen and oxygen atoms in total. The number of hydrogen-bond acceptors (Lipinski definition) is 2. The predicted molar refractivity (Wildman–Crippen MR) is 48.1 cm³/mol. The second kappa shape index (κ2) is 3.76. The first-order chi connectivity index (χ1) is 5.77. The van der Waals surface area contributed by atoms with E-state index in [1.54, 1.807) is 6.07 Å². The van der Waals surface area contributed by atoms with Gasteiger partial charge in [0.2, 0.25) is 0 Å². The van der Waals surface area contributed by atoms with E-state index in [2.05, 4.69) is 4.98 Å². The average Bonchev–Trinajstić information content (AvgIpc) is 2.07. The van der Waals surface area contributed by atoms with Crippen molar-refractivity contribution in [2.45, 2.75) is 6.92 Å². The standard InChI is InChI=1S/C10H9NO.Ni/c1-7-5-6-8-3-2-4-9(12)10(8)11-7;/h2-6,12H,1H3;. The Labute approximate surface area is 86.5 Å². The number of aryl methyl sites for hydroxylation is 1. The summed E-state index contributed by atoms with van der Waals surface area (Å²) in [4.78, 5) is 4.23. The number of pyridine rings is 1. The monoisotopic (exact) mass is 217 g/mol. The molecule has 0 bridgehead atoms. The molecule has 0 unspecified atom stereocenters. The normalized spacial score (nSPS) is 9.62. The van der Waals surface area contributed by atoms with Crippen molar-refractivity contribution in [2.24, 2.45) is 0 Å². The minimum absolute atomic E-state index is 0. The van der Waals surface area contributed by atoms with Crippen LogP contribution >= 0.6 is 0 Å². The minimum atomic E-state index is 0. The first kappa shape index (κ1) is 10.0. The Kier molecular flexibility index (Phi) is 2.89. The summed E-state index contributed by atoms with van der Waals surface area (Å²) < 4.78 is 0. The van der Waals surface area contributed by atoms with Crippen molar-refractivity contribution in [1.29, 1.82) is 0 Å². The van der Waals surface area contributed by atoms with Gasteiger partial charge in [-0.1, -0.05) is 18.2 Å². The van der Waals surface area contributed by atoms with Crippen molar-refractivity contribution in [3.8, 4) is 5.75 Å². The largest absolute Gasteiger partial charge is 0.506 e. The van der Waals surface area contributed by atoms with Crippen LogP contribution in [-0.2, 0) is 16.5 Å². The van der Waals surface area contributed by atoms with E-state index in [-0.39, 0.29) is 22.2 Å². The third-order valence-electron chi connectivity index (χ3n) is 1.84. The summed E-state index contributed by atoms with van der Waals surface area (Å²) in [5.41, 5.74) is 1.60. The molecule has 1 aromatic carbocycles. The van der Waals surface area contributed by atoms with Gasteiger partial charge in [0, 0.05) is 27.6 Å². The van der Waals surface area contributed by atoms with Gasteiger partial charge in [0.25, 0.3) is 0 Å². The maximum absolute atomic E-state index is 9.43. The molecule has 0 saturated heterocycles. The Morgan fingerprint density at radius 3 is 2.69 bits per heavy atom. The molecule has 0 amide bonds. The van der Waals surface area contributed by atoms with Crippen LogP contribution in [0, 0.1) is 6.92 Å². The molecule has 1 N–H and O–H groups in total. The third-order valence-corrected chi connectivity index (χ3v) is 1.84. The summed E-state index contributed by atoms with van der Waals surface area (Å²) in [6.45, 7) is 1.91. The van der Waals surface area contributed by atoms with Gasteiger partial charge in [-0.15, -0.1) is 0 Å².